The number of hydrogen-bond acceptors (Lipinski definition) is 6. The zero-order valence-corrected chi connectivity index (χ0v) is 20.1. The number of rotatable bonds is 11. The van der Waals surface area contributed by atoms with Gasteiger partial charge >= 0.3 is 6.03 Å². The maximum absolute atomic E-state index is 12.7. The van der Waals surface area contributed by atoms with Gasteiger partial charge in [0.05, 0.1) is 6.61 Å². The van der Waals surface area contributed by atoms with Crippen LogP contribution in [0.25, 0.3) is 0 Å². The topological polar surface area (TPSA) is 100 Å². The molecule has 4 amide bonds. The van der Waals surface area contributed by atoms with E-state index in [-0.39, 0.29) is 17.8 Å². The number of carbonyl (C=O) groups is 3. The first-order valence-corrected chi connectivity index (χ1v) is 11.8. The van der Waals surface area contributed by atoms with E-state index in [0.717, 1.165) is 31.2 Å². The van der Waals surface area contributed by atoms with Crippen molar-refractivity contribution in [3.63, 3.8) is 0 Å². The fourth-order valence-electron chi connectivity index (χ4n) is 4.42. The molecule has 1 aromatic rings. The maximum Gasteiger partial charge on any atom is 0.325 e. The molecule has 33 heavy (non-hydrogen) atoms. The fourth-order valence-corrected chi connectivity index (χ4v) is 4.42. The highest BCUT2D eigenvalue weighted by Gasteiger charge is 2.51. The van der Waals surface area contributed by atoms with Gasteiger partial charge in [0.1, 0.15) is 5.54 Å². The molecule has 2 aliphatic rings. The van der Waals surface area contributed by atoms with E-state index in [1.807, 2.05) is 25.1 Å². The third kappa shape index (κ3) is 5.76. The minimum atomic E-state index is -0.640. The molecule has 0 aromatic heterocycles. The van der Waals surface area contributed by atoms with Crippen molar-refractivity contribution in [3.8, 4) is 11.5 Å². The minimum Gasteiger partial charge on any atom is -0.490 e. The predicted molar refractivity (Wildman–Crippen MR) is 124 cm³/mol. The third-order valence-corrected chi connectivity index (χ3v) is 6.17. The molecule has 9 nitrogen and oxygen atoms in total. The number of imide groups is 1. The number of nitrogens with one attached hydrogen (secondary N) is 2. The first-order valence-electron chi connectivity index (χ1n) is 11.8. The number of hydrogen-bond donors (Lipinski definition) is 2. The highest BCUT2D eigenvalue weighted by atomic mass is 16.5. The van der Waals surface area contributed by atoms with Crippen molar-refractivity contribution < 1.29 is 23.9 Å². The Bertz CT molecular complexity index is 866. The molecule has 1 aromatic carbocycles. The smallest absolute Gasteiger partial charge is 0.325 e. The Kier molecular flexibility index (Phi) is 8.18. The Morgan fingerprint density at radius 2 is 1.97 bits per heavy atom. The van der Waals surface area contributed by atoms with Crippen LogP contribution in [0.3, 0.4) is 0 Å². The molecule has 0 radical (unpaired) electrons. The quantitative estimate of drug-likeness (QED) is 0.388. The van der Waals surface area contributed by atoms with Gasteiger partial charge in [0.2, 0.25) is 0 Å². The molecule has 1 spiro atoms. The highest BCUT2D eigenvalue weighted by molar-refractivity contribution is 6.07. The zero-order valence-electron chi connectivity index (χ0n) is 20.1. The summed E-state index contributed by atoms with van der Waals surface area (Å²) in [6.07, 6.45) is 3.53. The van der Waals surface area contributed by atoms with Crippen molar-refractivity contribution in [1.82, 2.24) is 20.4 Å². The van der Waals surface area contributed by atoms with Gasteiger partial charge in [-0.1, -0.05) is 18.9 Å². The van der Waals surface area contributed by atoms with Crippen molar-refractivity contribution in [3.05, 3.63) is 23.8 Å². The average Bonchev–Trinajstić information content (AvgIpc) is 3.34. The van der Waals surface area contributed by atoms with Crippen LogP contribution in [0.15, 0.2) is 18.2 Å². The number of nitrogens with zero attached hydrogens (tertiary/aromatic N) is 2. The van der Waals surface area contributed by atoms with Gasteiger partial charge < -0.3 is 25.0 Å². The summed E-state index contributed by atoms with van der Waals surface area (Å²) in [5, 5.41) is 6.27. The number of likely N-dealkylation sites (N-methyl/N-ethyl adjacent to an activating group) is 1. The SMILES string of the molecule is CCOc1cc(CNCCCN2C(=O)NC3(CCCC3)C2=O)ccc1OC(C)C(=O)N(C)C. The molecule has 3 rings (SSSR count). The van der Waals surface area contributed by atoms with Gasteiger partial charge in [-0.2, -0.15) is 0 Å². The average molecular weight is 461 g/mol. The van der Waals surface area contributed by atoms with Crippen LogP contribution in [0.1, 0.15) is 51.5 Å². The second kappa shape index (κ2) is 10.9. The predicted octanol–water partition coefficient (Wildman–Crippen LogP) is 2.29. The molecular formula is C24H36N4O5. The Morgan fingerprint density at radius 3 is 2.64 bits per heavy atom. The summed E-state index contributed by atoms with van der Waals surface area (Å²) in [5.41, 5.74) is 0.371. The molecule has 1 aliphatic heterocycles. The van der Waals surface area contributed by atoms with E-state index in [1.165, 1.54) is 9.80 Å². The lowest BCUT2D eigenvalue weighted by molar-refractivity contribution is -0.135. The van der Waals surface area contributed by atoms with Crippen LogP contribution in [0.2, 0.25) is 0 Å². The van der Waals surface area contributed by atoms with Crippen LogP contribution in [0.5, 0.6) is 11.5 Å². The summed E-state index contributed by atoms with van der Waals surface area (Å²) in [7, 11) is 3.39. The van der Waals surface area contributed by atoms with E-state index in [2.05, 4.69) is 10.6 Å². The van der Waals surface area contributed by atoms with Crippen LogP contribution in [-0.4, -0.2) is 73.1 Å². The molecule has 1 atom stereocenters. The van der Waals surface area contributed by atoms with Crippen molar-refractivity contribution in [2.24, 2.45) is 0 Å². The second-order valence-corrected chi connectivity index (χ2v) is 8.91. The van der Waals surface area contributed by atoms with E-state index < -0.39 is 11.6 Å². The molecule has 1 saturated heterocycles. The number of ether oxygens (including phenoxy) is 2. The van der Waals surface area contributed by atoms with Gasteiger partial charge in [-0.3, -0.25) is 14.5 Å². The largest absolute Gasteiger partial charge is 0.490 e. The monoisotopic (exact) mass is 460 g/mol. The van der Waals surface area contributed by atoms with Crippen LogP contribution >= 0.6 is 0 Å². The standard InChI is InChI=1S/C24H36N4O5/c1-5-32-20-15-18(9-10-19(20)33-17(2)21(29)27(3)4)16-25-13-8-14-28-22(30)24(26-23(28)31)11-6-7-12-24/h9-10,15,17,25H,5-8,11-14,16H2,1-4H3,(H,26,31). The Labute approximate surface area is 195 Å². The summed E-state index contributed by atoms with van der Waals surface area (Å²) < 4.78 is 11.5. The zero-order chi connectivity index (χ0) is 24.0. The molecule has 2 fully saturated rings. The molecule has 182 valence electrons. The van der Waals surface area contributed by atoms with Gasteiger partial charge in [-0.05, 0) is 57.4 Å². The Morgan fingerprint density at radius 1 is 1.24 bits per heavy atom. The lowest BCUT2D eigenvalue weighted by Gasteiger charge is -2.20. The summed E-state index contributed by atoms with van der Waals surface area (Å²) in [6.45, 7) is 5.78. The summed E-state index contributed by atoms with van der Waals surface area (Å²) >= 11 is 0. The van der Waals surface area contributed by atoms with E-state index in [1.54, 1.807) is 21.0 Å². The van der Waals surface area contributed by atoms with Crippen LogP contribution in [0, 0.1) is 0 Å². The number of urea groups is 1. The third-order valence-electron chi connectivity index (χ3n) is 6.17. The number of carbonyl (C=O) groups excluding carboxylic acids is 3. The molecule has 1 unspecified atom stereocenters. The fraction of sp³-hybridized carbons (Fsp3) is 0.625. The van der Waals surface area contributed by atoms with Crippen LogP contribution < -0.4 is 20.1 Å². The Balaban J connectivity index is 1.48. The van der Waals surface area contributed by atoms with E-state index in [4.69, 9.17) is 9.47 Å². The maximum atomic E-state index is 12.7. The second-order valence-electron chi connectivity index (χ2n) is 8.91. The molecule has 1 heterocycles. The van der Waals surface area contributed by atoms with E-state index in [0.29, 0.717) is 44.2 Å². The molecule has 1 saturated carbocycles. The molecule has 2 N–H and O–H groups in total. The normalized spacial score (nSPS) is 17.9. The van der Waals surface area contributed by atoms with Crippen molar-refractivity contribution >= 4 is 17.8 Å². The molecular weight excluding hydrogens is 424 g/mol. The molecule has 0 bridgehead atoms. The summed E-state index contributed by atoms with van der Waals surface area (Å²) in [6, 6.07) is 5.38. The van der Waals surface area contributed by atoms with E-state index in [9.17, 15) is 14.4 Å². The summed E-state index contributed by atoms with van der Waals surface area (Å²) in [4.78, 5) is 39.9. The molecule has 9 heteroatoms. The van der Waals surface area contributed by atoms with E-state index >= 15 is 0 Å². The summed E-state index contributed by atoms with van der Waals surface area (Å²) in [5.74, 6) is 0.940. The van der Waals surface area contributed by atoms with Gasteiger partial charge in [-0.15, -0.1) is 0 Å². The lowest BCUT2D eigenvalue weighted by Crippen LogP contribution is -2.44. The first kappa shape index (κ1) is 24.8. The first-order chi connectivity index (χ1) is 15.8. The van der Waals surface area contributed by atoms with Crippen LogP contribution in [-0.2, 0) is 16.1 Å². The Hall–Kier alpha value is -2.81. The molecule has 1 aliphatic carbocycles. The lowest BCUT2D eigenvalue weighted by atomic mass is 9.98. The van der Waals surface area contributed by atoms with Gasteiger partial charge in [-0.25, -0.2) is 4.79 Å². The van der Waals surface area contributed by atoms with Gasteiger partial charge in [0.15, 0.2) is 17.6 Å². The van der Waals surface area contributed by atoms with Crippen molar-refractivity contribution in [2.45, 2.75) is 64.1 Å². The number of benzene rings is 1. The van der Waals surface area contributed by atoms with Crippen molar-refractivity contribution in [2.75, 3.05) is 33.8 Å². The van der Waals surface area contributed by atoms with Gasteiger partial charge in [0.25, 0.3) is 11.8 Å². The van der Waals surface area contributed by atoms with Gasteiger partial charge in [0, 0.05) is 27.2 Å². The van der Waals surface area contributed by atoms with Crippen LogP contribution in [0.4, 0.5) is 4.79 Å². The van der Waals surface area contributed by atoms with Crippen molar-refractivity contribution in [1.29, 1.82) is 0 Å². The number of amides is 4. The minimum absolute atomic E-state index is 0.0658. The highest BCUT2D eigenvalue weighted by Crippen LogP contribution is 2.35.